The zero-order valence-corrected chi connectivity index (χ0v) is 15.2. The van der Waals surface area contributed by atoms with Crippen LogP contribution in [0.3, 0.4) is 0 Å². The Balaban J connectivity index is 2.39. The van der Waals surface area contributed by atoms with Gasteiger partial charge in [0.1, 0.15) is 0 Å². The maximum absolute atomic E-state index is 15.0. The first-order valence-electron chi connectivity index (χ1n) is 8.94. The van der Waals surface area contributed by atoms with E-state index < -0.39 is 28.9 Å². The van der Waals surface area contributed by atoms with Crippen molar-refractivity contribution in [1.29, 1.82) is 0 Å². The van der Waals surface area contributed by atoms with E-state index in [1.165, 1.54) is 24.3 Å². The largest absolute Gasteiger partial charge is 0.340 e. The van der Waals surface area contributed by atoms with Gasteiger partial charge < -0.3 is 5.32 Å². The van der Waals surface area contributed by atoms with Crippen LogP contribution in [0, 0.1) is 0 Å². The van der Waals surface area contributed by atoms with E-state index in [2.05, 4.69) is 5.32 Å². The van der Waals surface area contributed by atoms with Gasteiger partial charge in [-0.05, 0) is 42.1 Å². The molecule has 0 bridgehead atoms. The Morgan fingerprint density at radius 2 is 1.23 bits per heavy atom. The Hall–Kier alpha value is -1.88. The summed E-state index contributed by atoms with van der Waals surface area (Å²) in [5.74, 6) is -9.08. The quantitative estimate of drug-likeness (QED) is 0.719. The van der Waals surface area contributed by atoms with Crippen molar-refractivity contribution in [1.82, 2.24) is 5.32 Å². The molecule has 1 aliphatic rings. The number of alkyl halides is 4. The summed E-state index contributed by atoms with van der Waals surface area (Å²) in [6, 6.07) is 8.72. The van der Waals surface area contributed by atoms with E-state index in [0.717, 1.165) is 11.1 Å². The zero-order chi connectivity index (χ0) is 19.1. The van der Waals surface area contributed by atoms with Crippen LogP contribution in [0.25, 0.3) is 0 Å². The number of fused-ring (bicyclic) bond motifs is 2. The van der Waals surface area contributed by atoms with Gasteiger partial charge in [0.15, 0.2) is 0 Å². The molecular weight excluding hydrogens is 342 g/mol. The lowest BCUT2D eigenvalue weighted by molar-refractivity contribution is -0.223. The summed E-state index contributed by atoms with van der Waals surface area (Å²) in [5.41, 5.74) is 1.15. The van der Waals surface area contributed by atoms with E-state index in [4.69, 9.17) is 0 Å². The molecule has 2 aromatic carbocycles. The summed E-state index contributed by atoms with van der Waals surface area (Å²) in [6.07, 6.45) is 1.31. The minimum absolute atomic E-state index is 0.287. The number of hydrogen-bond acceptors (Lipinski definition) is 1. The molecule has 1 nitrogen and oxygen atoms in total. The molecule has 0 atom stereocenters. The number of hydrogen-bond donors (Lipinski definition) is 1. The lowest BCUT2D eigenvalue weighted by atomic mass is 9.85. The molecule has 0 saturated carbocycles. The molecule has 0 unspecified atom stereocenters. The molecule has 5 heteroatoms. The van der Waals surface area contributed by atoms with Gasteiger partial charge in [-0.1, -0.05) is 50.2 Å². The van der Waals surface area contributed by atoms with Crippen LogP contribution in [0.4, 0.5) is 17.6 Å². The molecule has 0 heterocycles. The fourth-order valence-electron chi connectivity index (χ4n) is 3.74. The maximum atomic E-state index is 15.0. The Kier molecular flexibility index (Phi) is 4.86. The van der Waals surface area contributed by atoms with Crippen LogP contribution in [0.5, 0.6) is 0 Å². The van der Waals surface area contributed by atoms with Crippen LogP contribution in [0.2, 0.25) is 0 Å². The van der Waals surface area contributed by atoms with Crippen molar-refractivity contribution < 1.29 is 17.6 Å². The second-order valence-corrected chi connectivity index (χ2v) is 6.81. The van der Waals surface area contributed by atoms with E-state index in [-0.39, 0.29) is 11.1 Å². The summed E-state index contributed by atoms with van der Waals surface area (Å²) in [5, 5.41) is 2.99. The Morgan fingerprint density at radius 3 is 1.58 bits per heavy atom. The molecule has 0 fully saturated rings. The van der Waals surface area contributed by atoms with E-state index in [0.29, 0.717) is 19.4 Å². The van der Waals surface area contributed by atoms with E-state index in [1.54, 1.807) is 19.2 Å². The minimum atomic E-state index is -4.26. The standard InChI is InChI=1S/C21H23F4N/c1-4-13-6-8-18-15(10-13)17(12-26-3)16-11-14(5-2)7-9-19(16)21(24,25)20(18,22)23/h6-11,17,26H,4-5,12H2,1-3H3. The topological polar surface area (TPSA) is 12.0 Å². The molecule has 0 spiro atoms. The number of rotatable bonds is 4. The van der Waals surface area contributed by atoms with Crippen LogP contribution in [-0.2, 0) is 24.7 Å². The van der Waals surface area contributed by atoms with Crippen LogP contribution in [0.1, 0.15) is 53.1 Å². The third-order valence-electron chi connectivity index (χ3n) is 5.28. The average Bonchev–Trinajstić information content (AvgIpc) is 2.68. The van der Waals surface area contributed by atoms with Crippen LogP contribution < -0.4 is 5.32 Å². The number of likely N-dealkylation sites (N-methyl/N-ethyl adjacent to an activating group) is 1. The van der Waals surface area contributed by atoms with Crippen molar-refractivity contribution in [2.75, 3.05) is 13.6 Å². The van der Waals surface area contributed by atoms with Crippen LogP contribution in [-0.4, -0.2) is 13.6 Å². The summed E-state index contributed by atoms with van der Waals surface area (Å²) in [4.78, 5) is 0. The number of benzene rings is 2. The van der Waals surface area contributed by atoms with Gasteiger partial charge in [0.25, 0.3) is 0 Å². The monoisotopic (exact) mass is 365 g/mol. The number of nitrogens with one attached hydrogen (secondary N) is 1. The van der Waals surface area contributed by atoms with Gasteiger partial charge in [-0.25, -0.2) is 0 Å². The predicted molar refractivity (Wildman–Crippen MR) is 95.2 cm³/mol. The molecule has 0 radical (unpaired) electrons. The Labute approximate surface area is 151 Å². The smallest absolute Gasteiger partial charge is 0.319 e. The highest BCUT2D eigenvalue weighted by Crippen LogP contribution is 2.56. The first-order valence-corrected chi connectivity index (χ1v) is 8.94. The highest BCUT2D eigenvalue weighted by Gasteiger charge is 2.62. The molecule has 140 valence electrons. The highest BCUT2D eigenvalue weighted by atomic mass is 19.3. The predicted octanol–water partition coefficient (Wildman–Crippen LogP) is 5.36. The molecule has 26 heavy (non-hydrogen) atoms. The summed E-state index contributed by atoms with van der Waals surface area (Å²) < 4.78 is 59.9. The number of halogens is 4. The third kappa shape index (κ3) is 2.73. The average molecular weight is 365 g/mol. The lowest BCUT2D eigenvalue weighted by Gasteiger charge is -2.27. The van der Waals surface area contributed by atoms with Crippen molar-refractivity contribution in [3.05, 3.63) is 69.8 Å². The van der Waals surface area contributed by atoms with Crippen LogP contribution >= 0.6 is 0 Å². The molecule has 3 rings (SSSR count). The molecule has 0 aliphatic heterocycles. The second-order valence-electron chi connectivity index (χ2n) is 6.81. The second kappa shape index (κ2) is 6.69. The van der Waals surface area contributed by atoms with Gasteiger partial charge in [0, 0.05) is 23.6 Å². The van der Waals surface area contributed by atoms with Gasteiger partial charge in [-0.15, -0.1) is 0 Å². The van der Waals surface area contributed by atoms with E-state index >= 15 is 0 Å². The normalized spacial score (nSPS) is 18.1. The van der Waals surface area contributed by atoms with Crippen LogP contribution in [0.15, 0.2) is 36.4 Å². The van der Waals surface area contributed by atoms with Gasteiger partial charge >= 0.3 is 11.8 Å². The molecule has 1 aliphatic carbocycles. The summed E-state index contributed by atoms with van der Waals surface area (Å²) in [6.45, 7) is 4.15. The van der Waals surface area contributed by atoms with Gasteiger partial charge in [0.2, 0.25) is 0 Å². The molecule has 0 saturated heterocycles. The van der Waals surface area contributed by atoms with Crippen molar-refractivity contribution in [2.24, 2.45) is 0 Å². The van der Waals surface area contributed by atoms with E-state index in [1.807, 2.05) is 13.8 Å². The van der Waals surface area contributed by atoms with Gasteiger partial charge in [0.05, 0.1) is 0 Å². The maximum Gasteiger partial charge on any atom is 0.340 e. The molecule has 1 N–H and O–H groups in total. The fraction of sp³-hybridized carbons (Fsp3) is 0.429. The first-order chi connectivity index (χ1) is 12.3. The van der Waals surface area contributed by atoms with Crippen molar-refractivity contribution >= 4 is 0 Å². The molecule has 2 aromatic rings. The van der Waals surface area contributed by atoms with Gasteiger partial charge in [-0.3, -0.25) is 0 Å². The SMILES string of the molecule is CCc1ccc2c(c1)C(CNC)c1cc(CC)ccc1C(F)(F)C2(F)F. The molecular formula is C21H23F4N. The van der Waals surface area contributed by atoms with Gasteiger partial charge in [-0.2, -0.15) is 17.6 Å². The van der Waals surface area contributed by atoms with Crippen molar-refractivity contribution in [3.8, 4) is 0 Å². The Morgan fingerprint density at radius 1 is 0.808 bits per heavy atom. The minimum Gasteiger partial charge on any atom is -0.319 e. The fourth-order valence-corrected chi connectivity index (χ4v) is 3.74. The third-order valence-corrected chi connectivity index (χ3v) is 5.28. The Bertz CT molecular complexity index is 748. The van der Waals surface area contributed by atoms with Crippen molar-refractivity contribution in [2.45, 2.75) is 44.5 Å². The summed E-state index contributed by atoms with van der Waals surface area (Å²) >= 11 is 0. The lowest BCUT2D eigenvalue weighted by Crippen LogP contribution is -2.35. The zero-order valence-electron chi connectivity index (χ0n) is 15.2. The molecule has 0 aromatic heterocycles. The number of aryl methyl sites for hydroxylation is 2. The first kappa shape index (κ1) is 18.9. The summed E-state index contributed by atoms with van der Waals surface area (Å²) in [7, 11) is 1.70. The highest BCUT2D eigenvalue weighted by molar-refractivity contribution is 5.52. The van der Waals surface area contributed by atoms with Crippen molar-refractivity contribution in [3.63, 3.8) is 0 Å². The van der Waals surface area contributed by atoms with E-state index in [9.17, 15) is 17.6 Å². The molecule has 0 amide bonds.